The molecule has 1 unspecified atom stereocenters. The van der Waals surface area contributed by atoms with Crippen molar-refractivity contribution in [3.63, 3.8) is 0 Å². The molecule has 5 aromatic rings. The Labute approximate surface area is 195 Å². The third-order valence-corrected chi connectivity index (χ3v) is 6.06. The van der Waals surface area contributed by atoms with E-state index in [0.717, 1.165) is 43.6 Å². The Balaban J connectivity index is 1.43. The summed E-state index contributed by atoms with van der Waals surface area (Å²) in [6.07, 6.45) is 5.25. The van der Waals surface area contributed by atoms with Crippen LogP contribution in [0.25, 0.3) is 38.5 Å². The van der Waals surface area contributed by atoms with Crippen LogP contribution in [0.15, 0.2) is 91.1 Å². The number of carbonyl (C=O) groups is 2. The van der Waals surface area contributed by atoms with Gasteiger partial charge in [0.1, 0.15) is 6.04 Å². The Bertz CT molecular complexity index is 1500. The molecule has 2 amide bonds. The maximum atomic E-state index is 12.8. The van der Waals surface area contributed by atoms with Crippen LogP contribution in [0.4, 0.5) is 0 Å². The van der Waals surface area contributed by atoms with E-state index in [1.54, 1.807) is 11.6 Å². The lowest BCUT2D eigenvalue weighted by atomic mass is 9.96. The summed E-state index contributed by atoms with van der Waals surface area (Å²) in [4.78, 5) is 28.3. The summed E-state index contributed by atoms with van der Waals surface area (Å²) in [5.74, 6) is -1.10. The van der Waals surface area contributed by atoms with Crippen LogP contribution >= 0.6 is 0 Å². The molecular weight excluding hydrogens is 426 g/mol. The van der Waals surface area contributed by atoms with Gasteiger partial charge in [0, 0.05) is 29.6 Å². The molecule has 1 atom stereocenters. The molecule has 0 fully saturated rings. The van der Waals surface area contributed by atoms with Gasteiger partial charge >= 0.3 is 0 Å². The fourth-order valence-corrected chi connectivity index (χ4v) is 4.41. The van der Waals surface area contributed by atoms with Gasteiger partial charge in [-0.15, -0.1) is 0 Å². The van der Waals surface area contributed by atoms with Crippen LogP contribution in [0.1, 0.15) is 11.1 Å². The number of aromatic amines is 1. The normalized spacial score (nSPS) is 12.4. The fourth-order valence-electron chi connectivity index (χ4n) is 4.41. The van der Waals surface area contributed by atoms with Crippen molar-refractivity contribution in [2.75, 3.05) is 0 Å². The van der Waals surface area contributed by atoms with Crippen molar-refractivity contribution in [2.45, 2.75) is 12.5 Å². The standard InChI is InChI=1S/C28H23N3O3/c32-27(30-26(28(33)31-34)16-20-17-29-25-12-6-5-11-23(20)25)14-13-24-21-9-3-1-7-18(21)15-19-8-2-4-10-22(19)24/h1-15,17,26,29,34H,16H2,(H,30,32)(H,31,33)/b14-13+. The van der Waals surface area contributed by atoms with Gasteiger partial charge in [-0.05, 0) is 50.9 Å². The van der Waals surface area contributed by atoms with Crippen molar-refractivity contribution in [1.82, 2.24) is 15.8 Å². The zero-order valence-electron chi connectivity index (χ0n) is 18.3. The largest absolute Gasteiger partial charge is 0.361 e. The number of aromatic nitrogens is 1. The molecule has 34 heavy (non-hydrogen) atoms. The molecule has 0 aliphatic carbocycles. The van der Waals surface area contributed by atoms with Gasteiger partial charge in [-0.1, -0.05) is 66.7 Å². The molecular formula is C28H23N3O3. The minimum absolute atomic E-state index is 0.229. The maximum Gasteiger partial charge on any atom is 0.266 e. The van der Waals surface area contributed by atoms with E-state index >= 15 is 0 Å². The van der Waals surface area contributed by atoms with Gasteiger partial charge in [0.25, 0.3) is 5.91 Å². The molecule has 0 saturated carbocycles. The average molecular weight is 450 g/mol. The smallest absolute Gasteiger partial charge is 0.266 e. The average Bonchev–Trinajstić information content (AvgIpc) is 3.28. The van der Waals surface area contributed by atoms with Gasteiger partial charge in [0.2, 0.25) is 5.91 Å². The summed E-state index contributed by atoms with van der Waals surface area (Å²) in [5, 5.41) is 17.2. The molecule has 4 aromatic carbocycles. The molecule has 0 aliphatic rings. The summed E-state index contributed by atoms with van der Waals surface area (Å²) >= 11 is 0. The van der Waals surface area contributed by atoms with Crippen molar-refractivity contribution in [1.29, 1.82) is 0 Å². The molecule has 0 aliphatic heterocycles. The van der Waals surface area contributed by atoms with Gasteiger partial charge in [-0.3, -0.25) is 14.8 Å². The van der Waals surface area contributed by atoms with Gasteiger partial charge < -0.3 is 10.3 Å². The zero-order valence-corrected chi connectivity index (χ0v) is 18.3. The van der Waals surface area contributed by atoms with E-state index in [0.29, 0.717) is 0 Å². The second-order valence-electron chi connectivity index (χ2n) is 8.17. The number of carbonyl (C=O) groups excluding carboxylic acids is 2. The van der Waals surface area contributed by atoms with Crippen LogP contribution in [0.5, 0.6) is 0 Å². The minimum Gasteiger partial charge on any atom is -0.361 e. The van der Waals surface area contributed by atoms with Crippen molar-refractivity contribution in [2.24, 2.45) is 0 Å². The summed E-state index contributed by atoms with van der Waals surface area (Å²) in [6, 6.07) is 25.0. The Morgan fingerprint density at radius 2 is 1.50 bits per heavy atom. The number of H-pyrrole nitrogens is 1. The predicted octanol–water partition coefficient (Wildman–Crippen LogP) is 4.72. The van der Waals surface area contributed by atoms with Crippen LogP contribution in [-0.4, -0.2) is 28.0 Å². The molecule has 5 rings (SSSR count). The predicted molar refractivity (Wildman–Crippen MR) is 134 cm³/mol. The second-order valence-corrected chi connectivity index (χ2v) is 8.17. The number of hydrogen-bond acceptors (Lipinski definition) is 3. The van der Waals surface area contributed by atoms with E-state index in [1.165, 1.54) is 6.08 Å². The Morgan fingerprint density at radius 1 is 0.882 bits per heavy atom. The molecule has 4 N–H and O–H groups in total. The highest BCUT2D eigenvalue weighted by Gasteiger charge is 2.21. The number of nitrogens with one attached hydrogen (secondary N) is 3. The number of benzene rings is 4. The van der Waals surface area contributed by atoms with E-state index in [2.05, 4.69) is 16.4 Å². The zero-order chi connectivity index (χ0) is 23.5. The lowest BCUT2D eigenvalue weighted by Gasteiger charge is -2.15. The molecule has 0 spiro atoms. The highest BCUT2D eigenvalue weighted by Crippen LogP contribution is 2.29. The van der Waals surface area contributed by atoms with Crippen molar-refractivity contribution >= 4 is 50.3 Å². The van der Waals surface area contributed by atoms with Crippen molar-refractivity contribution < 1.29 is 14.8 Å². The molecule has 0 bridgehead atoms. The lowest BCUT2D eigenvalue weighted by molar-refractivity contribution is -0.133. The molecule has 6 nitrogen and oxygen atoms in total. The highest BCUT2D eigenvalue weighted by atomic mass is 16.5. The Morgan fingerprint density at radius 3 is 2.18 bits per heavy atom. The van der Waals surface area contributed by atoms with E-state index in [9.17, 15) is 14.8 Å². The SMILES string of the molecule is O=C(/C=C/c1c2ccccc2cc2ccccc12)NC(Cc1c[nH]c2ccccc12)C(=O)NO. The first-order valence-electron chi connectivity index (χ1n) is 11.0. The van der Waals surface area contributed by atoms with Crippen molar-refractivity contribution in [3.8, 4) is 0 Å². The summed E-state index contributed by atoms with van der Waals surface area (Å²) in [7, 11) is 0. The van der Waals surface area contributed by atoms with E-state index in [4.69, 9.17) is 0 Å². The Hall–Kier alpha value is -4.42. The number of rotatable bonds is 6. The number of hydroxylamine groups is 1. The maximum absolute atomic E-state index is 12.8. The minimum atomic E-state index is -0.939. The molecule has 1 aromatic heterocycles. The van der Waals surface area contributed by atoms with Gasteiger partial charge in [0.05, 0.1) is 0 Å². The van der Waals surface area contributed by atoms with E-state index in [1.807, 2.05) is 79.0 Å². The number of para-hydroxylation sites is 1. The quantitative estimate of drug-likeness (QED) is 0.131. The molecule has 1 heterocycles. The topological polar surface area (TPSA) is 94.2 Å². The van der Waals surface area contributed by atoms with Crippen LogP contribution in [0, 0.1) is 0 Å². The lowest BCUT2D eigenvalue weighted by Crippen LogP contribution is -2.46. The van der Waals surface area contributed by atoms with Crippen LogP contribution in [0.2, 0.25) is 0 Å². The third kappa shape index (κ3) is 4.14. The molecule has 6 heteroatoms. The Kier molecular flexibility index (Phi) is 5.81. The number of amides is 2. The van der Waals surface area contributed by atoms with E-state index in [-0.39, 0.29) is 6.42 Å². The van der Waals surface area contributed by atoms with Crippen LogP contribution in [0.3, 0.4) is 0 Å². The van der Waals surface area contributed by atoms with Gasteiger partial charge in [-0.2, -0.15) is 0 Å². The fraction of sp³-hybridized carbons (Fsp3) is 0.0714. The van der Waals surface area contributed by atoms with Crippen LogP contribution < -0.4 is 10.8 Å². The number of hydrogen-bond donors (Lipinski definition) is 4. The summed E-state index contributed by atoms with van der Waals surface area (Å²) in [5.41, 5.74) is 4.41. The van der Waals surface area contributed by atoms with Crippen molar-refractivity contribution in [3.05, 3.63) is 102 Å². The highest BCUT2D eigenvalue weighted by molar-refractivity contribution is 6.08. The molecule has 168 valence electrons. The van der Waals surface area contributed by atoms with Gasteiger partial charge in [0.15, 0.2) is 0 Å². The monoisotopic (exact) mass is 449 g/mol. The second kappa shape index (κ2) is 9.21. The first-order chi connectivity index (χ1) is 16.6. The first-order valence-corrected chi connectivity index (χ1v) is 11.0. The molecule has 0 saturated heterocycles. The van der Waals surface area contributed by atoms with E-state index < -0.39 is 17.9 Å². The summed E-state index contributed by atoms with van der Waals surface area (Å²) < 4.78 is 0. The number of fused-ring (bicyclic) bond motifs is 3. The third-order valence-electron chi connectivity index (χ3n) is 6.06. The van der Waals surface area contributed by atoms with Gasteiger partial charge in [-0.25, -0.2) is 5.48 Å². The molecule has 0 radical (unpaired) electrons. The first kappa shape index (κ1) is 21.4. The summed E-state index contributed by atoms with van der Waals surface area (Å²) in [6.45, 7) is 0. The van der Waals surface area contributed by atoms with Crippen LogP contribution in [-0.2, 0) is 16.0 Å².